The molecule has 1 aliphatic carbocycles. The third kappa shape index (κ3) is 2.21. The zero-order valence-electron chi connectivity index (χ0n) is 11.1. The average Bonchev–Trinajstić information content (AvgIpc) is 2.90. The van der Waals surface area contributed by atoms with E-state index in [1.807, 2.05) is 13.1 Å². The van der Waals surface area contributed by atoms with Crippen molar-refractivity contribution >= 4 is 17.0 Å². The van der Waals surface area contributed by atoms with Crippen molar-refractivity contribution in [2.45, 2.75) is 25.3 Å². The molecule has 1 atom stereocenters. The number of nitro groups is 1. The maximum atomic E-state index is 11.1. The molecule has 0 aliphatic heterocycles. The Labute approximate surface area is 120 Å². The Kier molecular flexibility index (Phi) is 3.50. The number of thiazole rings is 1. The van der Waals surface area contributed by atoms with Gasteiger partial charge < -0.3 is 5.32 Å². The fourth-order valence-corrected chi connectivity index (χ4v) is 3.83. The summed E-state index contributed by atoms with van der Waals surface area (Å²) in [7, 11) is 1.93. The zero-order valence-corrected chi connectivity index (χ0v) is 11.9. The fraction of sp³-hybridized carbons (Fsp3) is 0.357. The molecule has 1 N–H and O–H groups in total. The highest BCUT2D eigenvalue weighted by molar-refractivity contribution is 7.15. The van der Waals surface area contributed by atoms with E-state index in [0.29, 0.717) is 5.56 Å². The molecule has 5 nitrogen and oxygen atoms in total. The summed E-state index contributed by atoms with van der Waals surface area (Å²) in [4.78, 5) is 16.7. The molecule has 104 valence electrons. The fourth-order valence-electron chi connectivity index (χ4n) is 2.63. The van der Waals surface area contributed by atoms with Crippen LogP contribution >= 0.6 is 11.3 Å². The van der Waals surface area contributed by atoms with E-state index in [2.05, 4.69) is 10.3 Å². The number of para-hydroxylation sites is 1. The summed E-state index contributed by atoms with van der Waals surface area (Å²) in [5.74, 6) is 0. The van der Waals surface area contributed by atoms with Crippen LogP contribution in [-0.4, -0.2) is 17.0 Å². The molecule has 1 heterocycles. The van der Waals surface area contributed by atoms with E-state index < -0.39 is 0 Å². The average molecular weight is 289 g/mol. The molecular weight excluding hydrogens is 274 g/mol. The molecule has 0 spiro atoms. The second-order valence-corrected chi connectivity index (χ2v) is 5.92. The van der Waals surface area contributed by atoms with E-state index in [0.717, 1.165) is 30.0 Å². The van der Waals surface area contributed by atoms with Crippen LogP contribution in [0, 0.1) is 10.1 Å². The first-order valence-electron chi connectivity index (χ1n) is 6.61. The minimum atomic E-state index is -0.342. The maximum Gasteiger partial charge on any atom is 0.279 e. The van der Waals surface area contributed by atoms with Crippen LogP contribution in [0.2, 0.25) is 0 Å². The van der Waals surface area contributed by atoms with Crippen LogP contribution in [0.4, 0.5) is 5.69 Å². The number of hydrogen-bond donors (Lipinski definition) is 1. The first-order valence-corrected chi connectivity index (χ1v) is 7.43. The van der Waals surface area contributed by atoms with Gasteiger partial charge in [0, 0.05) is 10.9 Å². The van der Waals surface area contributed by atoms with Crippen molar-refractivity contribution in [2.75, 3.05) is 7.05 Å². The van der Waals surface area contributed by atoms with E-state index in [1.165, 1.54) is 10.9 Å². The summed E-state index contributed by atoms with van der Waals surface area (Å²) in [6, 6.07) is 7.08. The predicted octanol–water partition coefficient (Wildman–Crippen LogP) is 3.32. The summed E-state index contributed by atoms with van der Waals surface area (Å²) in [6.45, 7) is 0. The van der Waals surface area contributed by atoms with Crippen molar-refractivity contribution in [3.05, 3.63) is 45.0 Å². The Hall–Kier alpha value is -1.79. The van der Waals surface area contributed by atoms with Gasteiger partial charge in [-0.05, 0) is 32.4 Å². The second-order valence-electron chi connectivity index (χ2n) is 4.84. The Bertz CT molecular complexity index is 654. The van der Waals surface area contributed by atoms with Crippen molar-refractivity contribution in [1.82, 2.24) is 10.3 Å². The number of nitro benzene ring substituents is 1. The van der Waals surface area contributed by atoms with Gasteiger partial charge in [0.25, 0.3) is 5.69 Å². The van der Waals surface area contributed by atoms with Crippen LogP contribution in [0.25, 0.3) is 10.6 Å². The van der Waals surface area contributed by atoms with Gasteiger partial charge in [-0.15, -0.1) is 11.3 Å². The third-order valence-electron chi connectivity index (χ3n) is 3.63. The quantitative estimate of drug-likeness (QED) is 0.695. The molecule has 0 fully saturated rings. The Balaban J connectivity index is 2.08. The number of nitrogens with zero attached hydrogens (tertiary/aromatic N) is 2. The first-order chi connectivity index (χ1) is 9.70. The van der Waals surface area contributed by atoms with Crippen LogP contribution in [0.5, 0.6) is 0 Å². The molecule has 3 rings (SSSR count). The van der Waals surface area contributed by atoms with Gasteiger partial charge in [0.1, 0.15) is 5.01 Å². The maximum absolute atomic E-state index is 11.1. The number of rotatable bonds is 3. The van der Waals surface area contributed by atoms with Gasteiger partial charge in [-0.3, -0.25) is 10.1 Å². The summed E-state index contributed by atoms with van der Waals surface area (Å²) in [5, 5.41) is 15.2. The monoisotopic (exact) mass is 289 g/mol. The summed E-state index contributed by atoms with van der Waals surface area (Å²) in [6.07, 6.45) is 3.23. The molecule has 1 aliphatic rings. The van der Waals surface area contributed by atoms with Gasteiger partial charge >= 0.3 is 0 Å². The molecule has 0 radical (unpaired) electrons. The topological polar surface area (TPSA) is 68.1 Å². The van der Waals surface area contributed by atoms with Crippen molar-refractivity contribution in [3.63, 3.8) is 0 Å². The van der Waals surface area contributed by atoms with Crippen molar-refractivity contribution < 1.29 is 4.92 Å². The lowest BCUT2D eigenvalue weighted by molar-refractivity contribution is -0.384. The second kappa shape index (κ2) is 5.30. The minimum Gasteiger partial charge on any atom is -0.312 e. The van der Waals surface area contributed by atoms with Gasteiger partial charge in [0.05, 0.1) is 22.2 Å². The number of fused-ring (bicyclic) bond motifs is 1. The van der Waals surface area contributed by atoms with Crippen LogP contribution in [0.1, 0.15) is 29.5 Å². The van der Waals surface area contributed by atoms with Gasteiger partial charge in [-0.1, -0.05) is 12.1 Å². The lowest BCUT2D eigenvalue weighted by atomic mass is 9.98. The van der Waals surface area contributed by atoms with Gasteiger partial charge in [0.2, 0.25) is 0 Å². The third-order valence-corrected chi connectivity index (χ3v) is 4.80. The Morgan fingerprint density at radius 3 is 3.00 bits per heavy atom. The molecule has 0 saturated heterocycles. The number of aryl methyl sites for hydroxylation is 1. The summed E-state index contributed by atoms with van der Waals surface area (Å²) >= 11 is 1.58. The first kappa shape index (κ1) is 13.2. The summed E-state index contributed by atoms with van der Waals surface area (Å²) < 4.78 is 0. The molecule has 20 heavy (non-hydrogen) atoms. The molecule has 0 amide bonds. The van der Waals surface area contributed by atoms with Crippen LogP contribution in [0.3, 0.4) is 0 Å². The lowest BCUT2D eigenvalue weighted by Gasteiger charge is -2.19. The smallest absolute Gasteiger partial charge is 0.279 e. The summed E-state index contributed by atoms with van der Waals surface area (Å²) in [5.41, 5.74) is 1.81. The number of benzene rings is 1. The van der Waals surface area contributed by atoms with Crippen molar-refractivity contribution in [2.24, 2.45) is 0 Å². The van der Waals surface area contributed by atoms with E-state index in [4.69, 9.17) is 0 Å². The molecule has 0 saturated carbocycles. The molecule has 1 unspecified atom stereocenters. The minimum absolute atomic E-state index is 0.125. The lowest BCUT2D eigenvalue weighted by Crippen LogP contribution is -2.21. The number of aromatic nitrogens is 1. The van der Waals surface area contributed by atoms with Crippen LogP contribution in [0.15, 0.2) is 24.3 Å². The molecule has 1 aromatic heterocycles. The van der Waals surface area contributed by atoms with E-state index in [9.17, 15) is 10.1 Å². The Morgan fingerprint density at radius 2 is 2.25 bits per heavy atom. The predicted molar refractivity (Wildman–Crippen MR) is 78.9 cm³/mol. The molecule has 0 bridgehead atoms. The van der Waals surface area contributed by atoms with Gasteiger partial charge in [0.15, 0.2) is 0 Å². The highest BCUT2D eigenvalue weighted by Gasteiger charge is 2.26. The van der Waals surface area contributed by atoms with Crippen molar-refractivity contribution in [1.29, 1.82) is 0 Å². The number of nitrogens with one attached hydrogen (secondary N) is 1. The highest BCUT2D eigenvalue weighted by Crippen LogP contribution is 2.39. The number of hydrogen-bond acceptors (Lipinski definition) is 5. The largest absolute Gasteiger partial charge is 0.312 e. The van der Waals surface area contributed by atoms with E-state index >= 15 is 0 Å². The molecule has 1 aromatic carbocycles. The van der Waals surface area contributed by atoms with Crippen LogP contribution in [-0.2, 0) is 6.42 Å². The molecular formula is C14H15N3O2S. The van der Waals surface area contributed by atoms with Gasteiger partial charge in [-0.2, -0.15) is 0 Å². The zero-order chi connectivity index (χ0) is 14.1. The Morgan fingerprint density at radius 1 is 1.45 bits per heavy atom. The van der Waals surface area contributed by atoms with E-state index in [-0.39, 0.29) is 16.7 Å². The SMILES string of the molecule is CNC1CCCc2sc(-c3ccccc3[N+](=O)[O-])nc21. The standard InChI is InChI=1S/C14H15N3O2S/c1-15-10-6-4-8-12-13(10)16-14(20-12)9-5-2-3-7-11(9)17(18)19/h2-3,5,7,10,15H,4,6,8H2,1H3. The molecule has 6 heteroatoms. The molecule has 2 aromatic rings. The van der Waals surface area contributed by atoms with Crippen LogP contribution < -0.4 is 5.32 Å². The normalized spacial score (nSPS) is 17.8. The van der Waals surface area contributed by atoms with Gasteiger partial charge in [-0.25, -0.2) is 4.98 Å². The highest BCUT2D eigenvalue weighted by atomic mass is 32.1. The van der Waals surface area contributed by atoms with E-state index in [1.54, 1.807) is 23.5 Å². The van der Waals surface area contributed by atoms with Crippen molar-refractivity contribution in [3.8, 4) is 10.6 Å².